The summed E-state index contributed by atoms with van der Waals surface area (Å²) in [6.45, 7) is 4.84. The molecule has 2 aromatic heterocycles. The molecule has 1 unspecified atom stereocenters. The first kappa shape index (κ1) is 19.8. The average Bonchev–Trinajstić information content (AvgIpc) is 3.19. The van der Waals surface area contributed by atoms with Crippen LogP contribution in [-0.4, -0.2) is 75.1 Å². The minimum Gasteiger partial charge on any atom is -0.464 e. The topological polar surface area (TPSA) is 80.0 Å². The van der Waals surface area contributed by atoms with E-state index < -0.39 is 6.04 Å². The van der Waals surface area contributed by atoms with Crippen molar-refractivity contribution >= 4 is 17.5 Å². The van der Waals surface area contributed by atoms with Gasteiger partial charge >= 0.3 is 5.97 Å². The number of hydrogen-bond donors (Lipinski definition) is 0. The van der Waals surface area contributed by atoms with Crippen LogP contribution in [-0.2, 0) is 14.3 Å². The first-order valence-electron chi connectivity index (χ1n) is 10.7. The molecule has 0 bridgehead atoms. The molecule has 2 fully saturated rings. The highest BCUT2D eigenvalue weighted by molar-refractivity contribution is 5.85. The van der Waals surface area contributed by atoms with Gasteiger partial charge in [-0.3, -0.25) is 14.1 Å². The standard InChI is InChI=1S/C21H29N5O3/c1-2-29-21(28)17-7-3-5-11-25(17)19(27)15-24-13-9-16(10-14-24)20-23-22-18-8-4-6-12-26(18)20/h4,6,8,12,16-17H,2-3,5,7,9-11,13-15H2,1H3. The summed E-state index contributed by atoms with van der Waals surface area (Å²) in [5, 5.41) is 8.65. The molecule has 29 heavy (non-hydrogen) atoms. The fourth-order valence-electron chi connectivity index (χ4n) is 4.48. The van der Waals surface area contributed by atoms with E-state index in [0.29, 0.717) is 32.0 Å². The average molecular weight is 399 g/mol. The number of amides is 1. The minimum atomic E-state index is -0.420. The number of aromatic nitrogens is 3. The molecule has 0 aromatic carbocycles. The third-order valence-corrected chi connectivity index (χ3v) is 6.03. The van der Waals surface area contributed by atoms with Gasteiger partial charge in [0.25, 0.3) is 0 Å². The Hall–Kier alpha value is -2.48. The lowest BCUT2D eigenvalue weighted by Gasteiger charge is -2.37. The summed E-state index contributed by atoms with van der Waals surface area (Å²) < 4.78 is 7.24. The number of fused-ring (bicyclic) bond motifs is 1. The number of esters is 1. The molecule has 2 saturated heterocycles. The Labute approximate surface area is 170 Å². The highest BCUT2D eigenvalue weighted by Crippen LogP contribution is 2.27. The summed E-state index contributed by atoms with van der Waals surface area (Å²) >= 11 is 0. The van der Waals surface area contributed by atoms with E-state index in [2.05, 4.69) is 19.5 Å². The maximum Gasteiger partial charge on any atom is 0.328 e. The molecule has 2 aromatic rings. The predicted octanol–water partition coefficient (Wildman–Crippen LogP) is 1.85. The van der Waals surface area contributed by atoms with Crippen LogP contribution in [0.4, 0.5) is 0 Å². The monoisotopic (exact) mass is 399 g/mol. The van der Waals surface area contributed by atoms with Gasteiger partial charge in [0.15, 0.2) is 5.65 Å². The Morgan fingerprint density at radius 1 is 1.10 bits per heavy atom. The molecule has 1 amide bonds. The SMILES string of the molecule is CCOC(=O)C1CCCCN1C(=O)CN1CCC(c2nnc3ccccn23)CC1. The predicted molar refractivity (Wildman–Crippen MR) is 107 cm³/mol. The van der Waals surface area contributed by atoms with E-state index in [1.165, 1.54) is 0 Å². The van der Waals surface area contributed by atoms with E-state index >= 15 is 0 Å². The summed E-state index contributed by atoms with van der Waals surface area (Å²) in [6.07, 6.45) is 6.52. The van der Waals surface area contributed by atoms with Crippen LogP contribution in [0.15, 0.2) is 24.4 Å². The number of rotatable bonds is 5. The van der Waals surface area contributed by atoms with Crippen molar-refractivity contribution in [1.82, 2.24) is 24.4 Å². The van der Waals surface area contributed by atoms with Crippen LogP contribution in [0.3, 0.4) is 0 Å². The van der Waals surface area contributed by atoms with Crippen LogP contribution in [0.25, 0.3) is 5.65 Å². The Morgan fingerprint density at radius 2 is 1.93 bits per heavy atom. The van der Waals surface area contributed by atoms with E-state index in [9.17, 15) is 9.59 Å². The summed E-state index contributed by atoms with van der Waals surface area (Å²) in [5.41, 5.74) is 0.871. The van der Waals surface area contributed by atoms with Crippen LogP contribution in [0.2, 0.25) is 0 Å². The molecule has 2 aliphatic rings. The number of pyridine rings is 1. The highest BCUT2D eigenvalue weighted by Gasteiger charge is 2.34. The Kier molecular flexibility index (Phi) is 6.08. The van der Waals surface area contributed by atoms with Crippen LogP contribution in [0, 0.1) is 0 Å². The zero-order valence-electron chi connectivity index (χ0n) is 17.0. The van der Waals surface area contributed by atoms with Gasteiger partial charge in [0, 0.05) is 18.7 Å². The second-order valence-electron chi connectivity index (χ2n) is 7.89. The quantitative estimate of drug-likeness (QED) is 0.714. The smallest absolute Gasteiger partial charge is 0.328 e. The van der Waals surface area contributed by atoms with E-state index in [0.717, 1.165) is 50.2 Å². The molecule has 2 aliphatic heterocycles. The fraction of sp³-hybridized carbons (Fsp3) is 0.619. The van der Waals surface area contributed by atoms with Crippen molar-refractivity contribution in [2.45, 2.75) is 51.0 Å². The number of carbonyl (C=O) groups excluding carboxylic acids is 2. The number of ether oxygens (including phenoxy) is 1. The number of hydrogen-bond acceptors (Lipinski definition) is 6. The van der Waals surface area contributed by atoms with Crippen molar-refractivity contribution < 1.29 is 14.3 Å². The summed E-state index contributed by atoms with van der Waals surface area (Å²) in [6, 6.07) is 5.50. The molecule has 156 valence electrons. The van der Waals surface area contributed by atoms with Gasteiger partial charge < -0.3 is 9.64 Å². The molecule has 4 rings (SSSR count). The van der Waals surface area contributed by atoms with Crippen molar-refractivity contribution in [1.29, 1.82) is 0 Å². The lowest BCUT2D eigenvalue weighted by atomic mass is 9.96. The van der Waals surface area contributed by atoms with Crippen molar-refractivity contribution in [3.63, 3.8) is 0 Å². The maximum atomic E-state index is 12.9. The highest BCUT2D eigenvalue weighted by atomic mass is 16.5. The number of carbonyl (C=O) groups is 2. The Bertz CT molecular complexity index is 859. The molecule has 4 heterocycles. The molecule has 0 saturated carbocycles. The Balaban J connectivity index is 1.34. The van der Waals surface area contributed by atoms with Crippen LogP contribution >= 0.6 is 0 Å². The number of piperidine rings is 2. The van der Waals surface area contributed by atoms with Crippen LogP contribution < -0.4 is 0 Å². The van der Waals surface area contributed by atoms with Crippen LogP contribution in [0.5, 0.6) is 0 Å². The molecule has 8 heteroatoms. The van der Waals surface area contributed by atoms with Gasteiger partial charge in [-0.25, -0.2) is 4.79 Å². The number of likely N-dealkylation sites (tertiary alicyclic amines) is 2. The zero-order chi connectivity index (χ0) is 20.2. The van der Waals surface area contributed by atoms with Crippen molar-refractivity contribution in [3.8, 4) is 0 Å². The molecule has 8 nitrogen and oxygen atoms in total. The van der Waals surface area contributed by atoms with Gasteiger partial charge in [-0.2, -0.15) is 0 Å². The lowest BCUT2D eigenvalue weighted by molar-refractivity contribution is -0.157. The van der Waals surface area contributed by atoms with Crippen molar-refractivity contribution in [3.05, 3.63) is 30.2 Å². The third-order valence-electron chi connectivity index (χ3n) is 6.03. The van der Waals surface area contributed by atoms with E-state index in [1.807, 2.05) is 24.4 Å². The van der Waals surface area contributed by atoms with Crippen molar-refractivity contribution in [2.75, 3.05) is 32.8 Å². The van der Waals surface area contributed by atoms with Crippen molar-refractivity contribution in [2.24, 2.45) is 0 Å². The van der Waals surface area contributed by atoms with E-state index in [4.69, 9.17) is 4.74 Å². The first-order chi connectivity index (χ1) is 14.2. The molecule has 0 aliphatic carbocycles. The first-order valence-corrected chi connectivity index (χ1v) is 10.7. The van der Waals surface area contributed by atoms with Gasteiger partial charge in [0.2, 0.25) is 5.91 Å². The number of nitrogens with zero attached hydrogens (tertiary/aromatic N) is 5. The molecular weight excluding hydrogens is 370 g/mol. The maximum absolute atomic E-state index is 12.9. The molecule has 0 radical (unpaired) electrons. The third kappa shape index (κ3) is 4.27. The second kappa shape index (κ2) is 8.90. The molecule has 1 atom stereocenters. The van der Waals surface area contributed by atoms with Gasteiger partial charge in [0.1, 0.15) is 11.9 Å². The summed E-state index contributed by atoms with van der Waals surface area (Å²) in [7, 11) is 0. The van der Waals surface area contributed by atoms with Gasteiger partial charge in [-0.05, 0) is 64.3 Å². The fourth-order valence-corrected chi connectivity index (χ4v) is 4.48. The summed E-state index contributed by atoms with van der Waals surface area (Å²) in [4.78, 5) is 29.1. The molecular formula is C21H29N5O3. The zero-order valence-corrected chi connectivity index (χ0v) is 17.0. The minimum absolute atomic E-state index is 0.0362. The van der Waals surface area contributed by atoms with Gasteiger partial charge in [-0.15, -0.1) is 10.2 Å². The summed E-state index contributed by atoms with van der Waals surface area (Å²) in [5.74, 6) is 1.12. The largest absolute Gasteiger partial charge is 0.464 e. The van der Waals surface area contributed by atoms with E-state index in [-0.39, 0.29) is 11.9 Å². The van der Waals surface area contributed by atoms with Gasteiger partial charge in [0.05, 0.1) is 13.2 Å². The van der Waals surface area contributed by atoms with Gasteiger partial charge in [-0.1, -0.05) is 6.07 Å². The molecule has 0 spiro atoms. The second-order valence-corrected chi connectivity index (χ2v) is 7.89. The Morgan fingerprint density at radius 3 is 2.72 bits per heavy atom. The van der Waals surface area contributed by atoms with E-state index in [1.54, 1.807) is 11.8 Å². The lowest BCUT2D eigenvalue weighted by Crippen LogP contribution is -2.52. The molecule has 0 N–H and O–H groups in total. The normalized spacial score (nSPS) is 21.4. The van der Waals surface area contributed by atoms with Crippen LogP contribution in [0.1, 0.15) is 50.8 Å².